The molecule has 0 bridgehead atoms. The standard InChI is InChI=1S/C8H9F2N3O2S/c9-6(10)7-11-12-8(16-3-5(14)15)13(7)4-1-2-4/h4,6H,1-3H2,(H,14,15). The fraction of sp³-hybridized carbons (Fsp3) is 0.625. The summed E-state index contributed by atoms with van der Waals surface area (Å²) in [6.45, 7) is 0. The summed E-state index contributed by atoms with van der Waals surface area (Å²) in [5, 5.41) is 15.8. The molecule has 0 aliphatic heterocycles. The van der Waals surface area contributed by atoms with E-state index in [1.165, 1.54) is 4.57 Å². The average Bonchev–Trinajstić information content (AvgIpc) is 2.95. The lowest BCUT2D eigenvalue weighted by molar-refractivity contribution is -0.133. The molecule has 1 aromatic heterocycles. The first kappa shape index (κ1) is 11.3. The number of halogens is 2. The van der Waals surface area contributed by atoms with Gasteiger partial charge in [-0.15, -0.1) is 10.2 Å². The van der Waals surface area contributed by atoms with E-state index in [9.17, 15) is 13.6 Å². The van der Waals surface area contributed by atoms with Crippen molar-refractivity contribution in [2.45, 2.75) is 30.5 Å². The molecule has 0 radical (unpaired) electrons. The number of carboxylic acid groups (broad SMARTS) is 1. The Bertz CT molecular complexity index is 406. The highest BCUT2D eigenvalue weighted by Crippen LogP contribution is 2.40. The quantitative estimate of drug-likeness (QED) is 0.805. The molecule has 0 atom stereocenters. The van der Waals surface area contributed by atoms with Gasteiger partial charge in [0.1, 0.15) is 0 Å². The molecule has 2 rings (SSSR count). The van der Waals surface area contributed by atoms with Gasteiger partial charge < -0.3 is 5.11 Å². The summed E-state index contributed by atoms with van der Waals surface area (Å²) in [5.74, 6) is -1.57. The Labute approximate surface area is 93.9 Å². The lowest BCUT2D eigenvalue weighted by atomic mass is 10.5. The maximum atomic E-state index is 12.6. The summed E-state index contributed by atoms with van der Waals surface area (Å²) in [6, 6.07) is 0.00953. The molecule has 16 heavy (non-hydrogen) atoms. The van der Waals surface area contributed by atoms with Crippen LogP contribution in [0.1, 0.15) is 31.1 Å². The number of hydrogen-bond acceptors (Lipinski definition) is 4. The van der Waals surface area contributed by atoms with Gasteiger partial charge in [-0.1, -0.05) is 11.8 Å². The highest BCUT2D eigenvalue weighted by Gasteiger charge is 2.32. The van der Waals surface area contributed by atoms with Crippen LogP contribution in [-0.4, -0.2) is 31.6 Å². The third-order valence-electron chi connectivity index (χ3n) is 2.12. The van der Waals surface area contributed by atoms with Crippen LogP contribution in [0.5, 0.6) is 0 Å². The summed E-state index contributed by atoms with van der Waals surface area (Å²) < 4.78 is 26.5. The molecule has 1 saturated carbocycles. The molecule has 0 amide bonds. The number of thioether (sulfide) groups is 1. The highest BCUT2D eigenvalue weighted by atomic mass is 32.2. The number of aromatic nitrogens is 3. The fourth-order valence-corrected chi connectivity index (χ4v) is 2.07. The number of nitrogens with zero attached hydrogens (tertiary/aromatic N) is 3. The molecule has 0 unspecified atom stereocenters. The Balaban J connectivity index is 2.20. The number of carbonyl (C=O) groups is 1. The number of hydrogen-bond donors (Lipinski definition) is 1. The largest absolute Gasteiger partial charge is 0.481 e. The third-order valence-corrected chi connectivity index (χ3v) is 3.05. The molecular weight excluding hydrogens is 240 g/mol. The monoisotopic (exact) mass is 249 g/mol. The van der Waals surface area contributed by atoms with Crippen molar-refractivity contribution < 1.29 is 18.7 Å². The molecule has 0 spiro atoms. The molecule has 88 valence electrons. The van der Waals surface area contributed by atoms with Gasteiger partial charge >= 0.3 is 5.97 Å². The summed E-state index contributed by atoms with van der Waals surface area (Å²) in [4.78, 5) is 10.4. The zero-order valence-corrected chi connectivity index (χ0v) is 8.95. The molecule has 0 aromatic carbocycles. The minimum atomic E-state index is -2.67. The first-order valence-electron chi connectivity index (χ1n) is 4.67. The van der Waals surface area contributed by atoms with Crippen molar-refractivity contribution in [3.05, 3.63) is 5.82 Å². The predicted molar refractivity (Wildman–Crippen MR) is 51.6 cm³/mol. The number of rotatable bonds is 5. The van der Waals surface area contributed by atoms with Gasteiger partial charge in [0.25, 0.3) is 6.43 Å². The van der Waals surface area contributed by atoms with Crippen molar-refractivity contribution in [3.8, 4) is 0 Å². The van der Waals surface area contributed by atoms with Crippen LogP contribution in [0, 0.1) is 0 Å². The van der Waals surface area contributed by atoms with E-state index in [1.807, 2.05) is 0 Å². The van der Waals surface area contributed by atoms with Crippen LogP contribution in [0.15, 0.2) is 5.16 Å². The fourth-order valence-electron chi connectivity index (χ4n) is 1.34. The molecule has 1 aromatic rings. The molecule has 8 heteroatoms. The molecule has 1 fully saturated rings. The first-order chi connectivity index (χ1) is 7.59. The van der Waals surface area contributed by atoms with Gasteiger partial charge in [0.15, 0.2) is 5.16 Å². The van der Waals surface area contributed by atoms with Crippen LogP contribution in [-0.2, 0) is 4.79 Å². The van der Waals surface area contributed by atoms with Gasteiger partial charge in [-0.3, -0.25) is 9.36 Å². The van der Waals surface area contributed by atoms with Gasteiger partial charge in [-0.05, 0) is 12.8 Å². The predicted octanol–water partition coefficient (Wildman–Crippen LogP) is 1.73. The van der Waals surface area contributed by atoms with Crippen LogP contribution < -0.4 is 0 Å². The number of alkyl halides is 2. The summed E-state index contributed by atoms with van der Waals surface area (Å²) in [5.41, 5.74) is 0. The van der Waals surface area contributed by atoms with Crippen LogP contribution in [0.4, 0.5) is 8.78 Å². The van der Waals surface area contributed by atoms with Crippen molar-refractivity contribution in [3.63, 3.8) is 0 Å². The maximum absolute atomic E-state index is 12.6. The Morgan fingerprint density at radius 3 is 2.75 bits per heavy atom. The van der Waals surface area contributed by atoms with E-state index in [0.717, 1.165) is 24.6 Å². The van der Waals surface area contributed by atoms with Gasteiger partial charge in [0.05, 0.1) is 5.75 Å². The Hall–Kier alpha value is -1.18. The third kappa shape index (κ3) is 2.31. The molecule has 5 nitrogen and oxygen atoms in total. The molecule has 1 aliphatic rings. The van der Waals surface area contributed by atoms with E-state index in [0.29, 0.717) is 0 Å². The highest BCUT2D eigenvalue weighted by molar-refractivity contribution is 7.99. The van der Waals surface area contributed by atoms with Crippen LogP contribution in [0.3, 0.4) is 0 Å². The minimum absolute atomic E-state index is 0.00953. The van der Waals surface area contributed by atoms with Gasteiger partial charge in [0.2, 0.25) is 5.82 Å². The molecule has 1 aliphatic carbocycles. The van der Waals surface area contributed by atoms with E-state index in [2.05, 4.69) is 10.2 Å². The normalized spacial score (nSPS) is 15.7. The molecule has 1 N–H and O–H groups in total. The van der Waals surface area contributed by atoms with E-state index in [4.69, 9.17) is 5.11 Å². The molecular formula is C8H9F2N3O2S. The smallest absolute Gasteiger partial charge is 0.313 e. The minimum Gasteiger partial charge on any atom is -0.481 e. The SMILES string of the molecule is O=C(O)CSc1nnc(C(F)F)n1C1CC1. The molecule has 0 saturated heterocycles. The number of aliphatic carboxylic acids is 1. The topological polar surface area (TPSA) is 68.0 Å². The Morgan fingerprint density at radius 2 is 2.25 bits per heavy atom. The summed E-state index contributed by atoms with van der Waals surface area (Å²) >= 11 is 0.918. The Morgan fingerprint density at radius 1 is 1.56 bits per heavy atom. The first-order valence-corrected chi connectivity index (χ1v) is 5.65. The van der Waals surface area contributed by atoms with Crippen molar-refractivity contribution in [1.29, 1.82) is 0 Å². The second-order valence-electron chi connectivity index (χ2n) is 3.43. The van der Waals surface area contributed by atoms with E-state index in [-0.39, 0.29) is 22.8 Å². The maximum Gasteiger partial charge on any atom is 0.313 e. The van der Waals surface area contributed by atoms with Crippen LogP contribution in [0.25, 0.3) is 0 Å². The van der Waals surface area contributed by atoms with Gasteiger partial charge in [0, 0.05) is 6.04 Å². The van der Waals surface area contributed by atoms with Crippen LogP contribution >= 0.6 is 11.8 Å². The van der Waals surface area contributed by atoms with Gasteiger partial charge in [-0.25, -0.2) is 8.78 Å². The average molecular weight is 249 g/mol. The van der Waals surface area contributed by atoms with E-state index < -0.39 is 12.4 Å². The second kappa shape index (κ2) is 4.36. The summed E-state index contributed by atoms with van der Waals surface area (Å²) in [6.07, 6.45) is -1.04. The van der Waals surface area contributed by atoms with Crippen molar-refractivity contribution in [2.75, 3.05) is 5.75 Å². The van der Waals surface area contributed by atoms with Crippen LogP contribution in [0.2, 0.25) is 0 Å². The number of carboxylic acids is 1. The zero-order chi connectivity index (χ0) is 11.7. The Kier molecular flexibility index (Phi) is 3.08. The lowest BCUT2D eigenvalue weighted by Gasteiger charge is -2.06. The van der Waals surface area contributed by atoms with Crippen molar-refractivity contribution in [2.24, 2.45) is 0 Å². The van der Waals surface area contributed by atoms with Crippen molar-refractivity contribution >= 4 is 17.7 Å². The zero-order valence-electron chi connectivity index (χ0n) is 8.14. The lowest BCUT2D eigenvalue weighted by Crippen LogP contribution is -2.05. The second-order valence-corrected chi connectivity index (χ2v) is 4.37. The summed E-state index contributed by atoms with van der Waals surface area (Å²) in [7, 11) is 0. The molecule has 1 heterocycles. The van der Waals surface area contributed by atoms with E-state index in [1.54, 1.807) is 0 Å². The van der Waals surface area contributed by atoms with Crippen molar-refractivity contribution in [1.82, 2.24) is 14.8 Å². The van der Waals surface area contributed by atoms with Gasteiger partial charge in [-0.2, -0.15) is 0 Å². The van der Waals surface area contributed by atoms with E-state index >= 15 is 0 Å².